The summed E-state index contributed by atoms with van der Waals surface area (Å²) in [6.07, 6.45) is 0.0225. The first-order chi connectivity index (χ1) is 25.7. The maximum absolute atomic E-state index is 13.3. The number of amides is 6. The van der Waals surface area contributed by atoms with Gasteiger partial charge < -0.3 is 54.4 Å². The Balaban J connectivity index is 2.02. The van der Waals surface area contributed by atoms with Crippen molar-refractivity contribution in [3.05, 3.63) is 35.4 Å². The Morgan fingerprint density at radius 3 is 1.32 bits per heavy atom. The molecule has 0 fully saturated rings. The molecule has 53 heavy (non-hydrogen) atoms. The van der Waals surface area contributed by atoms with Gasteiger partial charge in [0.15, 0.2) is 0 Å². The highest BCUT2D eigenvalue weighted by Gasteiger charge is 2.35. The van der Waals surface area contributed by atoms with Crippen LogP contribution < -0.4 is 21.3 Å². The van der Waals surface area contributed by atoms with Gasteiger partial charge in [0.25, 0.3) is 11.8 Å². The number of nitrogens with one attached hydrogen (secondary N) is 4. The fourth-order valence-corrected chi connectivity index (χ4v) is 4.90. The van der Waals surface area contributed by atoms with Crippen molar-refractivity contribution in [2.45, 2.75) is 31.2 Å². The summed E-state index contributed by atoms with van der Waals surface area (Å²) in [5, 5.41) is 11.0. The van der Waals surface area contributed by atoms with E-state index < -0.39 is 23.3 Å². The Bertz CT molecular complexity index is 1190. The molecule has 298 valence electrons. The van der Waals surface area contributed by atoms with Crippen molar-refractivity contribution < 1.29 is 61.9 Å². The quantitative estimate of drug-likeness (QED) is 0.0532. The largest absolute Gasteiger partial charge is 0.383 e. The lowest BCUT2D eigenvalue weighted by molar-refractivity contribution is -0.131. The number of ether oxygens (including phenoxy) is 7. The smallest absolute Gasteiger partial charge is 0.261 e. The lowest BCUT2D eigenvalue weighted by Crippen LogP contribution is -2.59. The number of carbonyl (C=O) groups excluding carboxylic acids is 6. The van der Waals surface area contributed by atoms with Crippen LogP contribution in [0, 0.1) is 0 Å². The lowest BCUT2D eigenvalue weighted by atomic mass is 10.0. The molecular formula is C35H55N5O13. The standard InChI is InChI=1S/C35H55N5O13/c1-47-20-12-36-29(41)8-17-51-24-35(25-52-18-9-30(42)37-13-21-48-2,26-53-19-10-31(43)38-14-22-49-3)39-32(44)11-16-50-23-15-40-33(45)27-6-4-5-7-28(27)34(40)46/h4-7H,8-26H2,1-3H3,(H,36,41)(H,37,42)(H,38,43)(H,39,44). The van der Waals surface area contributed by atoms with Gasteiger partial charge in [-0.15, -0.1) is 0 Å². The van der Waals surface area contributed by atoms with Crippen molar-refractivity contribution >= 4 is 35.4 Å². The summed E-state index contributed by atoms with van der Waals surface area (Å²) in [5.74, 6) is -1.99. The molecule has 1 aromatic rings. The minimum Gasteiger partial charge on any atom is -0.383 e. The van der Waals surface area contributed by atoms with Gasteiger partial charge in [0.1, 0.15) is 5.54 Å². The van der Waals surface area contributed by atoms with Crippen LogP contribution in [0.5, 0.6) is 0 Å². The normalized spacial score (nSPS) is 12.5. The molecule has 1 aliphatic heterocycles. The number of rotatable bonds is 31. The number of fused-ring (bicyclic) bond motifs is 1. The second kappa shape index (κ2) is 26.7. The van der Waals surface area contributed by atoms with Gasteiger partial charge in [0, 0.05) is 66.6 Å². The van der Waals surface area contributed by atoms with Gasteiger partial charge in [-0.3, -0.25) is 33.7 Å². The maximum Gasteiger partial charge on any atom is 0.261 e. The highest BCUT2D eigenvalue weighted by Crippen LogP contribution is 2.22. The first kappa shape index (κ1) is 45.1. The average molecular weight is 754 g/mol. The molecular weight excluding hydrogens is 698 g/mol. The van der Waals surface area contributed by atoms with Crippen LogP contribution in [0.15, 0.2) is 24.3 Å². The number of nitrogens with zero attached hydrogens (tertiary/aromatic N) is 1. The van der Waals surface area contributed by atoms with E-state index in [1.54, 1.807) is 24.3 Å². The predicted octanol–water partition coefficient (Wildman–Crippen LogP) is -0.948. The number of hydrogen-bond acceptors (Lipinski definition) is 13. The zero-order chi connectivity index (χ0) is 38.7. The summed E-state index contributed by atoms with van der Waals surface area (Å²) in [7, 11) is 4.58. The van der Waals surface area contributed by atoms with Gasteiger partial charge >= 0.3 is 0 Å². The van der Waals surface area contributed by atoms with Crippen molar-refractivity contribution in [3.8, 4) is 0 Å². The topological polar surface area (TPSA) is 218 Å². The van der Waals surface area contributed by atoms with E-state index >= 15 is 0 Å². The molecule has 6 amide bonds. The number of imide groups is 1. The third-order valence-corrected chi connectivity index (χ3v) is 7.66. The summed E-state index contributed by atoms with van der Waals surface area (Å²) < 4.78 is 38.0. The fourth-order valence-electron chi connectivity index (χ4n) is 4.90. The van der Waals surface area contributed by atoms with Gasteiger partial charge in [-0.25, -0.2) is 0 Å². The van der Waals surface area contributed by atoms with Crippen LogP contribution >= 0.6 is 0 Å². The first-order valence-electron chi connectivity index (χ1n) is 17.5. The van der Waals surface area contributed by atoms with Gasteiger partial charge in [0.05, 0.1) is 90.3 Å². The number of methoxy groups -OCH3 is 3. The monoisotopic (exact) mass is 753 g/mol. The summed E-state index contributed by atoms with van der Waals surface area (Å²) in [6, 6.07) is 6.57. The minimum absolute atomic E-state index is 0.0150. The number of carbonyl (C=O) groups is 6. The molecule has 0 radical (unpaired) electrons. The van der Waals surface area contributed by atoms with Crippen LogP contribution in [0.1, 0.15) is 46.4 Å². The van der Waals surface area contributed by atoms with E-state index in [1.807, 2.05) is 0 Å². The van der Waals surface area contributed by atoms with Crippen molar-refractivity contribution in [3.63, 3.8) is 0 Å². The fraction of sp³-hybridized carbons (Fsp3) is 0.657. The molecule has 0 atom stereocenters. The van der Waals surface area contributed by atoms with Crippen LogP contribution in [-0.2, 0) is 52.3 Å². The van der Waals surface area contributed by atoms with Gasteiger partial charge in [-0.1, -0.05) is 12.1 Å². The molecule has 2 rings (SSSR count). The summed E-state index contributed by atoms with van der Waals surface area (Å²) in [5.41, 5.74) is -0.613. The first-order valence-corrected chi connectivity index (χ1v) is 17.5. The molecule has 4 N–H and O–H groups in total. The molecule has 0 unspecified atom stereocenters. The SMILES string of the molecule is COCCNC(=O)CCOCC(COCCC(=O)NCCOC)(COCCC(=O)NCCOC)NC(=O)CCOCCN1C(=O)c2ccccc2C1=O. The second-order valence-electron chi connectivity index (χ2n) is 11.9. The van der Waals surface area contributed by atoms with Crippen LogP contribution in [-0.4, -0.2) is 166 Å². The molecule has 1 aliphatic rings. The van der Waals surface area contributed by atoms with Crippen LogP contribution in [0.25, 0.3) is 0 Å². The van der Waals surface area contributed by atoms with E-state index in [0.29, 0.717) is 50.6 Å². The van der Waals surface area contributed by atoms with Crippen LogP contribution in [0.2, 0.25) is 0 Å². The van der Waals surface area contributed by atoms with Gasteiger partial charge in [0.2, 0.25) is 23.6 Å². The third kappa shape index (κ3) is 18.0. The highest BCUT2D eigenvalue weighted by atomic mass is 16.5. The Morgan fingerprint density at radius 2 is 0.925 bits per heavy atom. The summed E-state index contributed by atoms with van der Waals surface area (Å²) >= 11 is 0. The molecule has 0 saturated heterocycles. The van der Waals surface area contributed by atoms with Crippen molar-refractivity contribution in [2.75, 3.05) is 120 Å². The predicted molar refractivity (Wildman–Crippen MR) is 189 cm³/mol. The minimum atomic E-state index is -1.29. The zero-order valence-electron chi connectivity index (χ0n) is 31.0. The van der Waals surface area contributed by atoms with Gasteiger partial charge in [-0.2, -0.15) is 0 Å². The zero-order valence-corrected chi connectivity index (χ0v) is 31.0. The van der Waals surface area contributed by atoms with Gasteiger partial charge in [-0.05, 0) is 12.1 Å². The summed E-state index contributed by atoms with van der Waals surface area (Å²) in [4.78, 5) is 76.2. The molecule has 0 saturated carbocycles. The molecule has 0 bridgehead atoms. The van der Waals surface area contributed by atoms with E-state index in [1.165, 1.54) is 21.3 Å². The molecule has 0 spiro atoms. The number of hydrogen-bond donors (Lipinski definition) is 4. The van der Waals surface area contributed by atoms with E-state index in [4.69, 9.17) is 33.2 Å². The summed E-state index contributed by atoms with van der Waals surface area (Å²) in [6.45, 7) is 1.75. The molecule has 18 heteroatoms. The third-order valence-electron chi connectivity index (χ3n) is 7.66. The van der Waals surface area contributed by atoms with Crippen molar-refractivity contribution in [1.29, 1.82) is 0 Å². The van der Waals surface area contributed by atoms with E-state index in [2.05, 4.69) is 21.3 Å². The Labute approximate surface area is 310 Å². The molecule has 0 aliphatic carbocycles. The lowest BCUT2D eigenvalue weighted by Gasteiger charge is -2.34. The molecule has 1 aromatic carbocycles. The Morgan fingerprint density at radius 1 is 0.547 bits per heavy atom. The van der Waals surface area contributed by atoms with Crippen LogP contribution in [0.3, 0.4) is 0 Å². The van der Waals surface area contributed by atoms with E-state index in [0.717, 1.165) is 4.90 Å². The van der Waals surface area contributed by atoms with E-state index in [9.17, 15) is 28.8 Å². The van der Waals surface area contributed by atoms with Crippen molar-refractivity contribution in [1.82, 2.24) is 26.2 Å². The van der Waals surface area contributed by atoms with Crippen molar-refractivity contribution in [2.24, 2.45) is 0 Å². The molecule has 18 nitrogen and oxygen atoms in total. The maximum atomic E-state index is 13.3. The molecule has 1 heterocycles. The van der Waals surface area contributed by atoms with Crippen LogP contribution in [0.4, 0.5) is 0 Å². The molecule has 0 aromatic heterocycles. The average Bonchev–Trinajstić information content (AvgIpc) is 3.38. The number of benzene rings is 1. The second-order valence-corrected chi connectivity index (χ2v) is 11.9. The highest BCUT2D eigenvalue weighted by molar-refractivity contribution is 6.21. The van der Waals surface area contributed by atoms with E-state index in [-0.39, 0.29) is 103 Å². The Hall–Kier alpha value is -4.04. The Kier molecular flexibility index (Phi) is 22.7.